The van der Waals surface area contributed by atoms with Crippen LogP contribution in [0.1, 0.15) is 34.8 Å². The first-order valence-electron chi connectivity index (χ1n) is 25.5. The van der Waals surface area contributed by atoms with Crippen LogP contribution in [0.4, 0.5) is 0 Å². The zero-order chi connectivity index (χ0) is 61.6. The number of aromatic hydroxyl groups is 6. The molecule has 0 saturated carbocycles. The van der Waals surface area contributed by atoms with Gasteiger partial charge in [-0.15, -0.1) is 0 Å². The number of hydrogen-bond acceptors (Lipinski definition) is 29. The molecular formula is C55H58O30. The molecule has 4 heterocycles. The Hall–Kier alpha value is -8.50. The van der Waals surface area contributed by atoms with E-state index in [0.717, 1.165) is 42.5 Å². The van der Waals surface area contributed by atoms with E-state index in [4.69, 9.17) is 57.2 Å². The molecule has 4 aliphatic rings. The summed E-state index contributed by atoms with van der Waals surface area (Å²) in [6.07, 6.45) is -27.4. The number of ether oxygens (including phenoxy) is 11. The van der Waals surface area contributed by atoms with Crippen LogP contribution in [-0.2, 0) is 57.1 Å². The SMILES string of the molecule is COc1cc(/C=C/C(=O)OC[C@H]2O[C@@H](O[C@H]3[C@H](OC4=Cc5c(cc(O)cc5O[C@@H]5O[C@H](COC(=O)CC(=O)O)[C@H](O)[C@H](O)[C@H]5O)OC4c4cc(O)c(O)c(O)c4)O[C@H](COC(=O)/C=C/c4ccc(O)cc4)[C@H](O)[C@@H]3O)[C@H](O)[C@@H](O)[C@H]2O)ccc1O. The Labute approximate surface area is 479 Å². The van der Waals surface area contributed by atoms with E-state index in [1.807, 2.05) is 0 Å². The summed E-state index contributed by atoms with van der Waals surface area (Å²) in [6, 6.07) is 13.6. The minimum atomic E-state index is -2.23. The summed E-state index contributed by atoms with van der Waals surface area (Å²) >= 11 is 0. The fraction of sp³-hybridized carbons (Fsp3) is 0.382. The van der Waals surface area contributed by atoms with Crippen molar-refractivity contribution in [2.75, 3.05) is 26.9 Å². The Morgan fingerprint density at radius 3 is 1.68 bits per heavy atom. The molecule has 0 spiro atoms. The van der Waals surface area contributed by atoms with Crippen LogP contribution in [0.15, 0.2) is 84.6 Å². The third kappa shape index (κ3) is 14.9. The highest BCUT2D eigenvalue weighted by molar-refractivity contribution is 5.90. The van der Waals surface area contributed by atoms with E-state index in [-0.39, 0.29) is 34.1 Å². The Morgan fingerprint density at radius 2 is 1.08 bits per heavy atom. The van der Waals surface area contributed by atoms with Gasteiger partial charge in [-0.25, -0.2) is 9.59 Å². The standard InChI is InChI=1S/C55H58O30/c1-75-33-12-23(4-9-28(33)58)6-11-40(64)76-19-35-43(67)47(71)50(74)54(83-35)85-52-48(72)45(69)37(20-77-39(63)10-5-22-2-7-25(56)8-3-22)84-55(52)81-34-17-27-31(79-51(34)24-13-29(59)42(66)30(60)14-24)15-26(57)16-32(27)80-53-49(73)46(70)44(68)36(82-53)21-78-41(65)18-38(61)62/h2-17,35-37,43-60,66-74H,18-21H2,1H3,(H,61,62)/b10-5+,11-6+/t35-,36-,37-,43+,44+,45+,46+,47+,48+,49-,50-,51?,52-,53-,54+,55-/m1/s1. The average molecular weight is 1200 g/mol. The first-order valence-corrected chi connectivity index (χ1v) is 25.5. The molecule has 4 aromatic rings. The Balaban J connectivity index is 1.12. The number of aliphatic hydroxyl groups excluding tert-OH is 8. The van der Waals surface area contributed by atoms with Gasteiger partial charge in [-0.1, -0.05) is 18.2 Å². The smallest absolute Gasteiger partial charge is 0.330 e. The minimum absolute atomic E-state index is 0.0537. The molecule has 0 bridgehead atoms. The molecule has 0 aliphatic carbocycles. The maximum atomic E-state index is 13.0. The van der Waals surface area contributed by atoms with Gasteiger partial charge in [-0.3, -0.25) is 9.59 Å². The second-order valence-corrected chi connectivity index (χ2v) is 19.4. The quantitative estimate of drug-likeness (QED) is 0.0162. The number of carboxylic acids is 1. The lowest BCUT2D eigenvalue weighted by Gasteiger charge is -2.46. The lowest BCUT2D eigenvalue weighted by atomic mass is 9.97. The number of rotatable bonds is 20. The molecular weight excluding hydrogens is 1140 g/mol. The molecule has 4 aliphatic heterocycles. The number of phenols is 6. The Morgan fingerprint density at radius 1 is 0.541 bits per heavy atom. The van der Waals surface area contributed by atoms with E-state index in [2.05, 4.69) is 0 Å². The van der Waals surface area contributed by atoms with Crippen molar-refractivity contribution in [1.82, 2.24) is 0 Å². The zero-order valence-electron chi connectivity index (χ0n) is 44.1. The van der Waals surface area contributed by atoms with Crippen molar-refractivity contribution in [3.8, 4) is 51.7 Å². The van der Waals surface area contributed by atoms with Gasteiger partial charge < -0.3 is 129 Å². The predicted octanol–water partition coefficient (Wildman–Crippen LogP) is -1.22. The highest BCUT2D eigenvalue weighted by Crippen LogP contribution is 2.48. The summed E-state index contributed by atoms with van der Waals surface area (Å²) in [5.74, 6) is -9.69. The van der Waals surface area contributed by atoms with Crippen molar-refractivity contribution in [3.05, 3.63) is 107 Å². The van der Waals surface area contributed by atoms with Crippen LogP contribution >= 0.6 is 0 Å². The molecule has 30 heteroatoms. The third-order valence-corrected chi connectivity index (χ3v) is 13.4. The van der Waals surface area contributed by atoms with Crippen molar-refractivity contribution < 1.29 is 148 Å². The number of fused-ring (bicyclic) bond motifs is 1. The predicted molar refractivity (Wildman–Crippen MR) is 277 cm³/mol. The molecule has 3 saturated heterocycles. The maximum Gasteiger partial charge on any atom is 0.330 e. The van der Waals surface area contributed by atoms with E-state index in [0.29, 0.717) is 11.1 Å². The number of benzene rings is 4. The van der Waals surface area contributed by atoms with Gasteiger partial charge in [-0.2, -0.15) is 0 Å². The molecule has 4 aromatic carbocycles. The van der Waals surface area contributed by atoms with Crippen molar-refractivity contribution in [2.45, 2.75) is 105 Å². The van der Waals surface area contributed by atoms with Gasteiger partial charge in [0.15, 0.2) is 47.2 Å². The molecule has 16 atom stereocenters. The van der Waals surface area contributed by atoms with E-state index in [1.165, 1.54) is 61.7 Å². The van der Waals surface area contributed by atoms with Gasteiger partial charge in [-0.05, 0) is 65.8 Å². The van der Waals surface area contributed by atoms with Crippen LogP contribution in [0.5, 0.6) is 51.7 Å². The van der Waals surface area contributed by atoms with Crippen LogP contribution in [-0.4, -0.2) is 220 Å². The topological polar surface area (TPSA) is 473 Å². The number of methoxy groups -OCH3 is 1. The normalized spacial score (nSPS) is 29.2. The Bertz CT molecular complexity index is 3120. The van der Waals surface area contributed by atoms with Gasteiger partial charge in [0, 0.05) is 29.8 Å². The summed E-state index contributed by atoms with van der Waals surface area (Å²) in [6.45, 7) is -2.52. The van der Waals surface area contributed by atoms with E-state index in [9.17, 15) is 90.7 Å². The van der Waals surface area contributed by atoms with Crippen LogP contribution in [0.25, 0.3) is 18.2 Å². The van der Waals surface area contributed by atoms with Crippen LogP contribution in [0.2, 0.25) is 0 Å². The number of carbonyl (C=O) groups excluding carboxylic acids is 3. The lowest BCUT2D eigenvalue weighted by Crippen LogP contribution is -2.64. The fourth-order valence-corrected chi connectivity index (χ4v) is 8.93. The average Bonchev–Trinajstić information content (AvgIpc) is 2.25. The summed E-state index contributed by atoms with van der Waals surface area (Å²) in [5.41, 5.74) is 0.373. The monoisotopic (exact) mass is 1200 g/mol. The molecule has 8 rings (SSSR count). The molecule has 30 nitrogen and oxygen atoms in total. The molecule has 0 aromatic heterocycles. The molecule has 15 N–H and O–H groups in total. The fourth-order valence-electron chi connectivity index (χ4n) is 8.93. The van der Waals surface area contributed by atoms with Gasteiger partial charge in [0.05, 0.1) is 12.7 Å². The maximum absolute atomic E-state index is 13.0. The summed E-state index contributed by atoms with van der Waals surface area (Å²) in [5, 5.41) is 161. The van der Waals surface area contributed by atoms with Crippen molar-refractivity contribution >= 4 is 42.1 Å². The number of carbonyl (C=O) groups is 4. The molecule has 458 valence electrons. The van der Waals surface area contributed by atoms with Crippen molar-refractivity contribution in [3.63, 3.8) is 0 Å². The zero-order valence-corrected chi connectivity index (χ0v) is 44.1. The minimum Gasteiger partial charge on any atom is -0.508 e. The van der Waals surface area contributed by atoms with Crippen LogP contribution in [0, 0.1) is 0 Å². The number of carboxylic acid groups (broad SMARTS) is 1. The van der Waals surface area contributed by atoms with Crippen molar-refractivity contribution in [2.24, 2.45) is 0 Å². The molecule has 0 radical (unpaired) electrons. The number of phenolic OH excluding ortho intramolecular Hbond substituents is 6. The van der Waals surface area contributed by atoms with E-state index < -0.39 is 183 Å². The summed E-state index contributed by atoms with van der Waals surface area (Å²) < 4.78 is 62.7. The lowest BCUT2D eigenvalue weighted by molar-refractivity contribution is -0.364. The molecule has 3 fully saturated rings. The van der Waals surface area contributed by atoms with Gasteiger partial charge in [0.2, 0.25) is 12.6 Å². The van der Waals surface area contributed by atoms with E-state index in [1.54, 1.807) is 0 Å². The third-order valence-electron chi connectivity index (χ3n) is 13.4. The van der Waals surface area contributed by atoms with Gasteiger partial charge in [0.1, 0.15) is 122 Å². The summed E-state index contributed by atoms with van der Waals surface area (Å²) in [7, 11) is 1.31. The van der Waals surface area contributed by atoms with Crippen molar-refractivity contribution in [1.29, 1.82) is 0 Å². The second-order valence-electron chi connectivity index (χ2n) is 19.4. The van der Waals surface area contributed by atoms with Crippen LogP contribution in [0.3, 0.4) is 0 Å². The van der Waals surface area contributed by atoms with Gasteiger partial charge in [0.25, 0.3) is 0 Å². The number of aliphatic hydroxyl groups is 8. The Kier molecular flexibility index (Phi) is 19.9. The van der Waals surface area contributed by atoms with Crippen LogP contribution < -0.4 is 14.2 Å². The first kappa shape index (κ1) is 62.5. The van der Waals surface area contributed by atoms with E-state index >= 15 is 0 Å². The number of aliphatic carboxylic acids is 1. The summed E-state index contributed by atoms with van der Waals surface area (Å²) in [4.78, 5) is 48.9. The molecule has 85 heavy (non-hydrogen) atoms. The largest absolute Gasteiger partial charge is 0.508 e. The number of hydrogen-bond donors (Lipinski definition) is 15. The highest BCUT2D eigenvalue weighted by atomic mass is 16.8. The molecule has 1 unspecified atom stereocenters. The first-order chi connectivity index (χ1) is 40.4. The molecule has 0 amide bonds. The second kappa shape index (κ2) is 27.0. The number of esters is 3. The van der Waals surface area contributed by atoms with Gasteiger partial charge >= 0.3 is 23.9 Å². The highest BCUT2D eigenvalue weighted by Gasteiger charge is 2.53.